The first kappa shape index (κ1) is 29.3. The van der Waals surface area contributed by atoms with Crippen molar-refractivity contribution in [3.63, 3.8) is 0 Å². The lowest BCUT2D eigenvalue weighted by Gasteiger charge is -2.38. The summed E-state index contributed by atoms with van der Waals surface area (Å²) in [4.78, 5) is 1.81. The third kappa shape index (κ3) is 5.88. The van der Waals surface area contributed by atoms with E-state index in [1.54, 1.807) is 0 Å². The van der Waals surface area contributed by atoms with Gasteiger partial charge in [-0.1, -0.05) is 12.1 Å². The van der Waals surface area contributed by atoms with Gasteiger partial charge in [0.2, 0.25) is 0 Å². The monoisotopic (exact) mass is 569 g/mol. The fraction of sp³-hybridized carbons (Fsp3) is 0.586. The summed E-state index contributed by atoms with van der Waals surface area (Å²) in [6.45, 7) is 9.43. The Kier molecular flexibility index (Phi) is 7.49. The van der Waals surface area contributed by atoms with Gasteiger partial charge in [-0.25, -0.2) is 0 Å². The topological polar surface area (TPSA) is 30.9 Å². The zero-order valence-corrected chi connectivity index (χ0v) is 23.1. The zero-order valence-electron chi connectivity index (χ0n) is 23.1. The number of alkyl halides is 6. The number of hydrogen-bond donors (Lipinski definition) is 0. The SMILES string of the molecule is CC1(C)OB(c2ccc3c(c2)CC(C2CCN(Cc4cc(C(F)(F)F)ccc4C(F)(F)F)CC2)CO3)OC1(C)C. The summed E-state index contributed by atoms with van der Waals surface area (Å²) >= 11 is 0. The molecule has 2 aromatic carbocycles. The van der Waals surface area contributed by atoms with Crippen molar-refractivity contribution in [3.05, 3.63) is 58.7 Å². The first-order valence-corrected chi connectivity index (χ1v) is 13.6. The minimum Gasteiger partial charge on any atom is -0.493 e. The van der Waals surface area contributed by atoms with E-state index in [4.69, 9.17) is 14.0 Å². The molecular formula is C29H34BF6NO3. The van der Waals surface area contributed by atoms with Crippen molar-refractivity contribution in [2.45, 2.75) is 77.1 Å². The molecule has 3 aliphatic heterocycles. The average molecular weight is 569 g/mol. The molecule has 3 aliphatic rings. The van der Waals surface area contributed by atoms with E-state index in [9.17, 15) is 26.3 Å². The van der Waals surface area contributed by atoms with Crippen LogP contribution in [0.1, 0.15) is 62.8 Å². The van der Waals surface area contributed by atoms with E-state index >= 15 is 0 Å². The van der Waals surface area contributed by atoms with Crippen molar-refractivity contribution in [1.29, 1.82) is 0 Å². The van der Waals surface area contributed by atoms with Gasteiger partial charge in [-0.15, -0.1) is 0 Å². The van der Waals surface area contributed by atoms with Crippen molar-refractivity contribution in [2.24, 2.45) is 11.8 Å². The van der Waals surface area contributed by atoms with Gasteiger partial charge < -0.3 is 14.0 Å². The third-order valence-electron chi connectivity index (χ3n) is 8.98. The van der Waals surface area contributed by atoms with Crippen LogP contribution in [0, 0.1) is 11.8 Å². The van der Waals surface area contributed by atoms with Gasteiger partial charge in [0.25, 0.3) is 0 Å². The second-order valence-electron chi connectivity index (χ2n) is 12.2. The molecule has 2 fully saturated rings. The molecule has 0 amide bonds. The van der Waals surface area contributed by atoms with Gasteiger partial charge in [0.1, 0.15) is 5.75 Å². The second kappa shape index (κ2) is 10.2. The molecule has 0 saturated carbocycles. The molecule has 11 heteroatoms. The van der Waals surface area contributed by atoms with Crippen LogP contribution in [0.5, 0.6) is 5.75 Å². The first-order valence-electron chi connectivity index (χ1n) is 13.6. The smallest absolute Gasteiger partial charge is 0.493 e. The fourth-order valence-electron chi connectivity index (χ4n) is 5.87. The van der Waals surface area contributed by atoms with Gasteiger partial charge in [0.15, 0.2) is 0 Å². The van der Waals surface area contributed by atoms with Crippen molar-refractivity contribution >= 4 is 12.6 Å². The molecular weight excluding hydrogens is 535 g/mol. The number of hydrogen-bond acceptors (Lipinski definition) is 4. The number of halogens is 6. The van der Waals surface area contributed by atoms with Gasteiger partial charge in [0.05, 0.1) is 28.9 Å². The molecule has 0 bridgehead atoms. The van der Waals surface area contributed by atoms with Gasteiger partial charge in [0, 0.05) is 12.5 Å². The summed E-state index contributed by atoms with van der Waals surface area (Å²) in [5.41, 5.74) is -1.32. The van der Waals surface area contributed by atoms with E-state index in [1.807, 2.05) is 44.7 Å². The molecule has 1 atom stereocenters. The number of likely N-dealkylation sites (tertiary alicyclic amines) is 1. The van der Waals surface area contributed by atoms with Crippen molar-refractivity contribution in [3.8, 4) is 5.75 Å². The van der Waals surface area contributed by atoms with Crippen LogP contribution in [0.25, 0.3) is 0 Å². The van der Waals surface area contributed by atoms with E-state index in [0.717, 1.165) is 36.0 Å². The van der Waals surface area contributed by atoms with Crippen LogP contribution in [0.15, 0.2) is 36.4 Å². The van der Waals surface area contributed by atoms with Gasteiger partial charge in [-0.3, -0.25) is 4.90 Å². The highest BCUT2D eigenvalue weighted by Gasteiger charge is 2.52. The highest BCUT2D eigenvalue weighted by atomic mass is 19.4. The molecule has 0 N–H and O–H groups in total. The predicted molar refractivity (Wildman–Crippen MR) is 139 cm³/mol. The summed E-state index contributed by atoms with van der Waals surface area (Å²) in [6.07, 6.45) is -7.14. The largest absolute Gasteiger partial charge is 0.494 e. The lowest BCUT2D eigenvalue weighted by molar-refractivity contribution is -0.142. The fourth-order valence-corrected chi connectivity index (χ4v) is 5.87. The van der Waals surface area contributed by atoms with Crippen LogP contribution in [-0.4, -0.2) is 42.9 Å². The van der Waals surface area contributed by atoms with Crippen LogP contribution in [0.2, 0.25) is 0 Å². The molecule has 40 heavy (non-hydrogen) atoms. The van der Waals surface area contributed by atoms with Crippen LogP contribution in [0.3, 0.4) is 0 Å². The summed E-state index contributed by atoms with van der Waals surface area (Å²) in [6, 6.07) is 7.66. The Morgan fingerprint density at radius 3 is 2.10 bits per heavy atom. The van der Waals surface area contributed by atoms with E-state index in [2.05, 4.69) is 6.07 Å². The van der Waals surface area contributed by atoms with Crippen LogP contribution in [-0.2, 0) is 34.6 Å². The minimum absolute atomic E-state index is 0.174. The van der Waals surface area contributed by atoms with Crippen molar-refractivity contribution in [2.75, 3.05) is 19.7 Å². The minimum atomic E-state index is -4.72. The maximum atomic E-state index is 13.5. The molecule has 5 rings (SSSR count). The molecule has 0 aromatic heterocycles. The Labute approximate surface area is 231 Å². The summed E-state index contributed by atoms with van der Waals surface area (Å²) in [5, 5.41) is 0. The Balaban J connectivity index is 1.23. The maximum Gasteiger partial charge on any atom is 0.494 e. The molecule has 0 radical (unpaired) electrons. The second-order valence-corrected chi connectivity index (χ2v) is 12.2. The highest BCUT2D eigenvalue weighted by molar-refractivity contribution is 6.62. The Hall–Kier alpha value is -2.24. The Morgan fingerprint density at radius 1 is 0.850 bits per heavy atom. The van der Waals surface area contributed by atoms with E-state index < -0.39 is 41.8 Å². The lowest BCUT2D eigenvalue weighted by atomic mass is 9.75. The number of rotatable bonds is 4. The maximum absolute atomic E-state index is 13.5. The number of fused-ring (bicyclic) bond motifs is 1. The summed E-state index contributed by atoms with van der Waals surface area (Å²) in [5.74, 6) is 1.37. The van der Waals surface area contributed by atoms with Crippen molar-refractivity contribution < 1.29 is 40.4 Å². The highest BCUT2D eigenvalue weighted by Crippen LogP contribution is 2.40. The Morgan fingerprint density at radius 2 is 1.50 bits per heavy atom. The number of ether oxygens (including phenoxy) is 1. The molecule has 1 unspecified atom stereocenters. The van der Waals surface area contributed by atoms with Crippen LogP contribution in [0.4, 0.5) is 26.3 Å². The molecule has 3 heterocycles. The molecule has 4 nitrogen and oxygen atoms in total. The van der Waals surface area contributed by atoms with Gasteiger partial charge >= 0.3 is 19.5 Å². The number of benzene rings is 2. The van der Waals surface area contributed by atoms with E-state index in [-0.39, 0.29) is 18.0 Å². The lowest BCUT2D eigenvalue weighted by Crippen LogP contribution is -2.41. The molecule has 0 aliphatic carbocycles. The van der Waals surface area contributed by atoms with E-state index in [1.165, 1.54) is 0 Å². The summed E-state index contributed by atoms with van der Waals surface area (Å²) < 4.78 is 98.7. The first-order chi connectivity index (χ1) is 18.5. The molecule has 0 spiro atoms. The predicted octanol–water partition coefficient (Wildman–Crippen LogP) is 6.49. The van der Waals surface area contributed by atoms with Crippen LogP contribution >= 0.6 is 0 Å². The van der Waals surface area contributed by atoms with Gasteiger partial charge in [-0.05, 0) is 107 Å². The third-order valence-corrected chi connectivity index (χ3v) is 8.98. The molecule has 2 saturated heterocycles. The zero-order chi connectivity index (χ0) is 29.1. The normalized spacial score (nSPS) is 23.6. The Bertz CT molecular complexity index is 1220. The quantitative estimate of drug-likeness (QED) is 0.312. The standard InChI is InChI=1S/C29H34BF6NO3/c1-26(2)27(3,4)40-30(39-26)23-6-8-25-19(15-23)13-21(17-38-25)18-9-11-37(12-10-18)16-20-14-22(28(31,32)33)5-7-24(20)29(34,35)36/h5-8,14-15,18,21H,9-13,16-17H2,1-4H3. The van der Waals surface area contributed by atoms with Gasteiger partial charge in [-0.2, -0.15) is 26.3 Å². The van der Waals surface area contributed by atoms with Crippen molar-refractivity contribution in [1.82, 2.24) is 4.90 Å². The molecule has 218 valence electrons. The van der Waals surface area contributed by atoms with Crippen LogP contribution < -0.4 is 10.2 Å². The van der Waals surface area contributed by atoms with E-state index in [0.29, 0.717) is 43.8 Å². The molecule has 2 aromatic rings. The summed E-state index contributed by atoms with van der Waals surface area (Å²) in [7, 11) is -0.476. The number of piperidine rings is 1. The number of nitrogens with zero attached hydrogens (tertiary/aromatic N) is 1. The average Bonchev–Trinajstić information content (AvgIpc) is 3.09.